The van der Waals surface area contributed by atoms with Crippen molar-refractivity contribution in [3.05, 3.63) is 109 Å². The lowest BCUT2D eigenvalue weighted by atomic mass is 9.95. The van der Waals surface area contributed by atoms with E-state index in [-0.39, 0.29) is 13.2 Å². The number of carbonyl (C=O) groups is 1. The molecule has 0 aliphatic carbocycles. The second kappa shape index (κ2) is 12.3. The molecule has 40 heavy (non-hydrogen) atoms. The summed E-state index contributed by atoms with van der Waals surface area (Å²) in [6.07, 6.45) is 1.44. The highest BCUT2D eigenvalue weighted by molar-refractivity contribution is 9.10. The molecule has 2 heterocycles. The number of benzene rings is 3. The van der Waals surface area contributed by atoms with Crippen molar-refractivity contribution in [1.29, 1.82) is 0 Å². The van der Waals surface area contributed by atoms with Crippen LogP contribution in [0.1, 0.15) is 36.6 Å². The Morgan fingerprint density at radius 2 is 1.88 bits per heavy atom. The number of anilines is 1. The van der Waals surface area contributed by atoms with Crippen LogP contribution in [0.2, 0.25) is 10.0 Å². The standard InChI is InChI=1S/C29H25BrCl2N4O4/c1-3-38-24-12-20(11-22(30)27(24)39-15-19-9-10-21(31)13-23(19)32)26-25(17(2)35-29-33-16-34-36(26)29)28(37)40-14-18-7-5-4-6-8-18/h4-13,16,26H,3,14-15H2,1-2H3,(H,33,34,35). The number of halogens is 3. The van der Waals surface area contributed by atoms with Gasteiger partial charge in [0.1, 0.15) is 25.6 Å². The Bertz CT molecular complexity index is 1580. The molecule has 8 nitrogen and oxygen atoms in total. The average Bonchev–Trinajstić information content (AvgIpc) is 3.40. The van der Waals surface area contributed by atoms with Crippen molar-refractivity contribution in [1.82, 2.24) is 14.8 Å². The SMILES string of the molecule is CCOc1cc(C2C(C(=O)OCc3ccccc3)=C(C)Nc3ncnn32)cc(Br)c1OCc1ccc(Cl)cc1Cl. The Kier molecular flexibility index (Phi) is 8.63. The van der Waals surface area contributed by atoms with E-state index in [0.29, 0.717) is 49.8 Å². The minimum atomic E-state index is -0.628. The van der Waals surface area contributed by atoms with Gasteiger partial charge in [0.2, 0.25) is 5.95 Å². The van der Waals surface area contributed by atoms with Crippen LogP contribution in [0.25, 0.3) is 0 Å². The summed E-state index contributed by atoms with van der Waals surface area (Å²) >= 11 is 16.0. The van der Waals surface area contributed by atoms with E-state index in [0.717, 1.165) is 16.7 Å². The second-order valence-electron chi connectivity index (χ2n) is 8.94. The number of aromatic nitrogens is 3. The van der Waals surface area contributed by atoms with Gasteiger partial charge in [0.15, 0.2) is 11.5 Å². The minimum Gasteiger partial charge on any atom is -0.490 e. The predicted octanol–water partition coefficient (Wildman–Crippen LogP) is 7.36. The van der Waals surface area contributed by atoms with E-state index in [2.05, 4.69) is 31.3 Å². The predicted molar refractivity (Wildman–Crippen MR) is 157 cm³/mol. The van der Waals surface area contributed by atoms with Crippen LogP contribution in [0.5, 0.6) is 11.5 Å². The highest BCUT2D eigenvalue weighted by atomic mass is 79.9. The number of ether oxygens (including phenoxy) is 3. The zero-order valence-corrected chi connectivity index (χ0v) is 24.8. The Balaban J connectivity index is 1.49. The van der Waals surface area contributed by atoms with Crippen LogP contribution in [-0.2, 0) is 22.7 Å². The molecule has 1 N–H and O–H groups in total. The maximum absolute atomic E-state index is 13.5. The first-order valence-corrected chi connectivity index (χ1v) is 14.0. The van der Waals surface area contributed by atoms with Crippen molar-refractivity contribution in [2.45, 2.75) is 33.1 Å². The van der Waals surface area contributed by atoms with Crippen LogP contribution in [0.4, 0.5) is 5.95 Å². The van der Waals surface area contributed by atoms with Gasteiger partial charge in [0.05, 0.1) is 16.7 Å². The molecule has 1 aliphatic heterocycles. The normalized spacial score (nSPS) is 14.4. The smallest absolute Gasteiger partial charge is 0.338 e. The molecule has 0 amide bonds. The van der Waals surface area contributed by atoms with Crippen LogP contribution in [-0.4, -0.2) is 27.3 Å². The lowest BCUT2D eigenvalue weighted by Gasteiger charge is -2.29. The molecule has 0 radical (unpaired) electrons. The monoisotopic (exact) mass is 642 g/mol. The third-order valence-electron chi connectivity index (χ3n) is 6.26. The molecule has 1 aliphatic rings. The first-order valence-electron chi connectivity index (χ1n) is 12.5. The number of fused-ring (bicyclic) bond motifs is 1. The summed E-state index contributed by atoms with van der Waals surface area (Å²) in [5, 5.41) is 8.62. The number of allylic oxidation sites excluding steroid dienone is 1. The molecule has 11 heteroatoms. The second-order valence-corrected chi connectivity index (χ2v) is 10.6. The van der Waals surface area contributed by atoms with Crippen molar-refractivity contribution in [3.8, 4) is 11.5 Å². The van der Waals surface area contributed by atoms with E-state index in [9.17, 15) is 4.79 Å². The summed E-state index contributed by atoms with van der Waals surface area (Å²) in [7, 11) is 0. The zero-order chi connectivity index (χ0) is 28.2. The Hall–Kier alpha value is -3.53. The molecule has 1 atom stereocenters. The fraction of sp³-hybridized carbons (Fsp3) is 0.207. The van der Waals surface area contributed by atoms with Gasteiger partial charge < -0.3 is 19.5 Å². The van der Waals surface area contributed by atoms with E-state index >= 15 is 0 Å². The van der Waals surface area contributed by atoms with E-state index < -0.39 is 12.0 Å². The molecule has 0 spiro atoms. The average molecular weight is 644 g/mol. The Morgan fingerprint density at radius 1 is 1.07 bits per heavy atom. The summed E-state index contributed by atoms with van der Waals surface area (Å²) in [6, 6.07) is 17.9. The molecule has 4 aromatic rings. The molecule has 3 aromatic carbocycles. The van der Waals surface area contributed by atoms with Crippen LogP contribution in [0, 0.1) is 0 Å². The number of nitrogens with one attached hydrogen (secondary N) is 1. The van der Waals surface area contributed by atoms with E-state index in [1.54, 1.807) is 16.8 Å². The molecule has 0 saturated carbocycles. The summed E-state index contributed by atoms with van der Waals surface area (Å²) in [5.74, 6) is 1.03. The molecule has 1 unspecified atom stereocenters. The molecule has 0 saturated heterocycles. The third-order valence-corrected chi connectivity index (χ3v) is 7.44. The fourth-order valence-corrected chi connectivity index (χ4v) is 5.44. The molecule has 0 bridgehead atoms. The largest absolute Gasteiger partial charge is 0.490 e. The van der Waals surface area contributed by atoms with E-state index in [1.807, 2.05) is 62.4 Å². The van der Waals surface area contributed by atoms with Gasteiger partial charge in [-0.1, -0.05) is 59.6 Å². The topological polar surface area (TPSA) is 87.5 Å². The first-order chi connectivity index (χ1) is 19.4. The number of nitrogens with zero attached hydrogens (tertiary/aromatic N) is 3. The molecule has 206 valence electrons. The highest BCUT2D eigenvalue weighted by Crippen LogP contribution is 2.43. The summed E-state index contributed by atoms with van der Waals surface area (Å²) in [6.45, 7) is 4.44. The van der Waals surface area contributed by atoms with Crippen molar-refractivity contribution in [2.75, 3.05) is 11.9 Å². The molecular weight excluding hydrogens is 619 g/mol. The minimum absolute atomic E-state index is 0.140. The van der Waals surface area contributed by atoms with Gasteiger partial charge in [-0.3, -0.25) is 0 Å². The summed E-state index contributed by atoms with van der Waals surface area (Å²) < 4.78 is 20.2. The number of rotatable bonds is 9. The molecule has 1 aromatic heterocycles. The molecule has 5 rings (SSSR count). The number of carbonyl (C=O) groups excluding carboxylic acids is 1. The van der Waals surface area contributed by atoms with Gasteiger partial charge in [-0.15, -0.1) is 0 Å². The lowest BCUT2D eigenvalue weighted by Crippen LogP contribution is -2.29. The van der Waals surface area contributed by atoms with Gasteiger partial charge in [-0.05, 0) is 65.2 Å². The van der Waals surface area contributed by atoms with Gasteiger partial charge in [0, 0.05) is 21.3 Å². The maximum atomic E-state index is 13.5. The van der Waals surface area contributed by atoms with Crippen LogP contribution >= 0.6 is 39.1 Å². The van der Waals surface area contributed by atoms with E-state index in [4.69, 9.17) is 37.4 Å². The van der Waals surface area contributed by atoms with Crippen LogP contribution in [0.3, 0.4) is 0 Å². The zero-order valence-electron chi connectivity index (χ0n) is 21.7. The molecular formula is C29H25BrCl2N4O4. The van der Waals surface area contributed by atoms with E-state index in [1.165, 1.54) is 6.33 Å². The quantitative estimate of drug-likeness (QED) is 0.191. The van der Waals surface area contributed by atoms with Crippen molar-refractivity contribution in [3.63, 3.8) is 0 Å². The Morgan fingerprint density at radius 3 is 2.62 bits per heavy atom. The van der Waals surface area contributed by atoms with Gasteiger partial charge in [0.25, 0.3) is 0 Å². The van der Waals surface area contributed by atoms with Crippen LogP contribution in [0.15, 0.2) is 82.7 Å². The first kappa shape index (κ1) is 28.0. The highest BCUT2D eigenvalue weighted by Gasteiger charge is 2.35. The van der Waals surface area contributed by atoms with Crippen LogP contribution < -0.4 is 14.8 Å². The maximum Gasteiger partial charge on any atom is 0.338 e. The van der Waals surface area contributed by atoms with Gasteiger partial charge >= 0.3 is 5.97 Å². The number of hydrogen-bond acceptors (Lipinski definition) is 7. The lowest BCUT2D eigenvalue weighted by molar-refractivity contribution is -0.140. The number of esters is 1. The third kappa shape index (κ3) is 5.96. The molecule has 0 fully saturated rings. The van der Waals surface area contributed by atoms with Crippen molar-refractivity contribution < 1.29 is 19.0 Å². The summed E-state index contributed by atoms with van der Waals surface area (Å²) in [4.78, 5) is 17.8. The van der Waals surface area contributed by atoms with Crippen molar-refractivity contribution in [2.24, 2.45) is 0 Å². The Labute approximate surface area is 250 Å². The fourth-order valence-electron chi connectivity index (χ4n) is 4.40. The van der Waals surface area contributed by atoms with Gasteiger partial charge in [-0.2, -0.15) is 10.1 Å². The van der Waals surface area contributed by atoms with Gasteiger partial charge in [-0.25, -0.2) is 9.48 Å². The number of hydrogen-bond donors (Lipinski definition) is 1. The van der Waals surface area contributed by atoms with Crippen molar-refractivity contribution >= 4 is 51.0 Å². The summed E-state index contributed by atoms with van der Waals surface area (Å²) in [5.41, 5.74) is 3.42.